The largest absolute Gasteiger partial charge is 0.301 e. The molecule has 0 aromatic carbocycles. The van der Waals surface area contributed by atoms with Crippen LogP contribution >= 0.6 is 0 Å². The van der Waals surface area contributed by atoms with Crippen LogP contribution in [-0.2, 0) is 0 Å². The maximum atomic E-state index is 3.74. The average Bonchev–Trinajstić information content (AvgIpc) is 2.15. The second-order valence-corrected chi connectivity index (χ2v) is 3.39. The zero-order valence-electron chi connectivity index (χ0n) is 9.28. The van der Waals surface area contributed by atoms with E-state index >= 15 is 0 Å². The maximum Gasteiger partial charge on any atom is 0.0164 e. The molecule has 0 heterocycles. The quantitative estimate of drug-likeness (QED) is 0.516. The third-order valence-corrected chi connectivity index (χ3v) is 2.01. The number of hydrogen-bond acceptors (Lipinski definition) is 2. The average molecular weight is 194 g/mol. The van der Waals surface area contributed by atoms with Gasteiger partial charge >= 0.3 is 0 Å². The molecule has 0 saturated carbocycles. The van der Waals surface area contributed by atoms with Crippen molar-refractivity contribution in [2.45, 2.75) is 0 Å². The van der Waals surface area contributed by atoms with Gasteiger partial charge in [-0.1, -0.05) is 18.2 Å². The Hall–Kier alpha value is -0.860. The Morgan fingerprint density at radius 2 is 1.36 bits per heavy atom. The first-order valence-electron chi connectivity index (χ1n) is 4.98. The van der Waals surface area contributed by atoms with Crippen LogP contribution in [0, 0.1) is 0 Å². The fourth-order valence-corrected chi connectivity index (χ4v) is 1.25. The lowest BCUT2D eigenvalue weighted by atomic mass is 10.4. The molecule has 80 valence electrons. The molecule has 2 heteroatoms. The van der Waals surface area contributed by atoms with Gasteiger partial charge in [-0.25, -0.2) is 0 Å². The van der Waals surface area contributed by atoms with Crippen LogP contribution in [0.25, 0.3) is 0 Å². The summed E-state index contributed by atoms with van der Waals surface area (Å²) in [6.07, 6.45) is 5.78. The molecule has 0 aromatic rings. The Labute approximate surface area is 88.2 Å². The van der Waals surface area contributed by atoms with E-state index in [0.717, 1.165) is 32.7 Å². The van der Waals surface area contributed by atoms with Gasteiger partial charge in [0.25, 0.3) is 0 Å². The van der Waals surface area contributed by atoms with Crippen molar-refractivity contribution in [1.29, 1.82) is 0 Å². The van der Waals surface area contributed by atoms with Crippen molar-refractivity contribution in [3.8, 4) is 0 Å². The topological polar surface area (TPSA) is 6.48 Å². The van der Waals surface area contributed by atoms with Gasteiger partial charge in [0.15, 0.2) is 0 Å². The number of likely N-dealkylation sites (N-methyl/N-ethyl adjacent to an activating group) is 1. The van der Waals surface area contributed by atoms with Crippen molar-refractivity contribution in [2.24, 2.45) is 0 Å². The normalized spacial score (nSPS) is 10.5. The number of nitrogens with zero attached hydrogens (tertiary/aromatic N) is 2. The molecule has 0 rings (SSSR count). The standard InChI is InChI=1S/C12H22N2/c1-5-8-13(4)11-12-14(9-6-2)10-7-3/h5-7H,1-3,8-12H2,4H3. The minimum atomic E-state index is 0.925. The first kappa shape index (κ1) is 13.1. The Kier molecular flexibility index (Phi) is 8.19. The zero-order valence-corrected chi connectivity index (χ0v) is 9.28. The third-order valence-electron chi connectivity index (χ3n) is 2.01. The summed E-state index contributed by atoms with van der Waals surface area (Å²) in [6, 6.07) is 0. The molecule has 0 atom stereocenters. The van der Waals surface area contributed by atoms with Gasteiger partial charge in [-0.15, -0.1) is 19.7 Å². The summed E-state index contributed by atoms with van der Waals surface area (Å²) >= 11 is 0. The van der Waals surface area contributed by atoms with E-state index in [1.165, 1.54) is 0 Å². The predicted octanol–water partition coefficient (Wildman–Crippen LogP) is 1.78. The maximum absolute atomic E-state index is 3.74. The van der Waals surface area contributed by atoms with Gasteiger partial charge in [0.2, 0.25) is 0 Å². The molecule has 2 nitrogen and oxygen atoms in total. The summed E-state index contributed by atoms with van der Waals surface area (Å²) < 4.78 is 0. The second kappa shape index (κ2) is 8.73. The molecule has 0 spiro atoms. The monoisotopic (exact) mass is 194 g/mol. The molecule has 0 N–H and O–H groups in total. The van der Waals surface area contributed by atoms with E-state index in [4.69, 9.17) is 0 Å². The lowest BCUT2D eigenvalue weighted by Crippen LogP contribution is -2.33. The molecule has 0 aromatic heterocycles. The van der Waals surface area contributed by atoms with Crippen molar-refractivity contribution < 1.29 is 0 Å². The smallest absolute Gasteiger partial charge is 0.0164 e. The lowest BCUT2D eigenvalue weighted by molar-refractivity contribution is 0.269. The van der Waals surface area contributed by atoms with Crippen molar-refractivity contribution in [3.05, 3.63) is 38.0 Å². The summed E-state index contributed by atoms with van der Waals surface area (Å²) in [5, 5.41) is 0. The highest BCUT2D eigenvalue weighted by atomic mass is 15.2. The molecule has 0 aliphatic heterocycles. The highest BCUT2D eigenvalue weighted by molar-refractivity contribution is 4.80. The van der Waals surface area contributed by atoms with Crippen molar-refractivity contribution >= 4 is 0 Å². The summed E-state index contributed by atoms with van der Waals surface area (Å²) in [4.78, 5) is 4.55. The molecule has 0 amide bonds. The van der Waals surface area contributed by atoms with Crippen LogP contribution in [0.4, 0.5) is 0 Å². The van der Waals surface area contributed by atoms with E-state index in [-0.39, 0.29) is 0 Å². The van der Waals surface area contributed by atoms with Gasteiger partial charge in [0, 0.05) is 32.7 Å². The molecule has 0 saturated heterocycles. The molecule has 0 aliphatic carbocycles. The minimum Gasteiger partial charge on any atom is -0.301 e. The molecular formula is C12H22N2. The highest BCUT2D eigenvalue weighted by Crippen LogP contribution is 1.91. The van der Waals surface area contributed by atoms with Crippen LogP contribution < -0.4 is 0 Å². The van der Waals surface area contributed by atoms with E-state index in [1.807, 2.05) is 18.2 Å². The minimum absolute atomic E-state index is 0.925. The van der Waals surface area contributed by atoms with Crippen molar-refractivity contribution in [2.75, 3.05) is 39.8 Å². The molecular weight excluding hydrogens is 172 g/mol. The highest BCUT2D eigenvalue weighted by Gasteiger charge is 2.01. The van der Waals surface area contributed by atoms with Crippen LogP contribution in [-0.4, -0.2) is 49.6 Å². The van der Waals surface area contributed by atoms with Crippen LogP contribution in [0.1, 0.15) is 0 Å². The molecule has 0 bridgehead atoms. The van der Waals surface area contributed by atoms with E-state index in [2.05, 4.69) is 36.6 Å². The van der Waals surface area contributed by atoms with E-state index < -0.39 is 0 Å². The zero-order chi connectivity index (χ0) is 10.8. The van der Waals surface area contributed by atoms with E-state index in [1.54, 1.807) is 0 Å². The van der Waals surface area contributed by atoms with E-state index in [9.17, 15) is 0 Å². The van der Waals surface area contributed by atoms with Crippen LogP contribution in [0.15, 0.2) is 38.0 Å². The van der Waals surface area contributed by atoms with Gasteiger partial charge in [-0.3, -0.25) is 4.90 Å². The Morgan fingerprint density at radius 1 is 0.857 bits per heavy atom. The summed E-state index contributed by atoms with van der Waals surface area (Å²) in [7, 11) is 2.10. The van der Waals surface area contributed by atoms with Gasteiger partial charge in [0.1, 0.15) is 0 Å². The first-order chi connectivity index (χ1) is 6.74. The fourth-order valence-electron chi connectivity index (χ4n) is 1.25. The summed E-state index contributed by atoms with van der Waals surface area (Å²) in [5.41, 5.74) is 0. The van der Waals surface area contributed by atoms with Crippen LogP contribution in [0.2, 0.25) is 0 Å². The lowest BCUT2D eigenvalue weighted by Gasteiger charge is -2.22. The Morgan fingerprint density at radius 3 is 1.79 bits per heavy atom. The Balaban J connectivity index is 3.72. The summed E-state index contributed by atoms with van der Waals surface area (Å²) in [6.45, 7) is 16.1. The van der Waals surface area contributed by atoms with Crippen LogP contribution in [0.3, 0.4) is 0 Å². The van der Waals surface area contributed by atoms with Crippen molar-refractivity contribution in [1.82, 2.24) is 9.80 Å². The SMILES string of the molecule is C=CCN(C)CCN(CC=C)CC=C. The van der Waals surface area contributed by atoms with Gasteiger partial charge in [-0.2, -0.15) is 0 Å². The molecule has 0 aliphatic rings. The van der Waals surface area contributed by atoms with E-state index in [0.29, 0.717) is 0 Å². The molecule has 0 fully saturated rings. The Bertz CT molecular complexity index is 165. The van der Waals surface area contributed by atoms with Gasteiger partial charge in [0.05, 0.1) is 0 Å². The molecule has 0 radical (unpaired) electrons. The van der Waals surface area contributed by atoms with Gasteiger partial charge < -0.3 is 4.90 Å². The van der Waals surface area contributed by atoms with Gasteiger partial charge in [-0.05, 0) is 7.05 Å². The van der Waals surface area contributed by atoms with Crippen LogP contribution in [0.5, 0.6) is 0 Å². The third kappa shape index (κ3) is 6.63. The number of hydrogen-bond donors (Lipinski definition) is 0. The first-order valence-corrected chi connectivity index (χ1v) is 4.98. The molecule has 14 heavy (non-hydrogen) atoms. The fraction of sp³-hybridized carbons (Fsp3) is 0.500. The number of rotatable bonds is 9. The summed E-state index contributed by atoms with van der Waals surface area (Å²) in [5.74, 6) is 0. The molecule has 0 unspecified atom stereocenters. The van der Waals surface area contributed by atoms with Crippen molar-refractivity contribution in [3.63, 3.8) is 0 Å². The predicted molar refractivity (Wildman–Crippen MR) is 64.5 cm³/mol. The second-order valence-electron chi connectivity index (χ2n) is 3.39.